The molecule has 4 rings (SSSR count). The van der Waals surface area contributed by atoms with Gasteiger partial charge in [0.15, 0.2) is 5.75 Å². The molecule has 0 saturated heterocycles. The van der Waals surface area contributed by atoms with Crippen molar-refractivity contribution in [3.8, 4) is 11.8 Å². The third-order valence-corrected chi connectivity index (χ3v) is 4.69. The normalized spacial score (nSPS) is 16.4. The molecule has 0 bridgehead atoms. The van der Waals surface area contributed by atoms with Crippen molar-refractivity contribution in [2.75, 3.05) is 0 Å². The van der Waals surface area contributed by atoms with E-state index >= 15 is 0 Å². The van der Waals surface area contributed by atoms with E-state index in [4.69, 9.17) is 10.5 Å². The third kappa shape index (κ3) is 2.24. The molecule has 1 atom stereocenters. The van der Waals surface area contributed by atoms with Crippen LogP contribution in [0.25, 0.3) is 10.9 Å². The number of nitriles is 1. The Bertz CT molecular complexity index is 1020. The van der Waals surface area contributed by atoms with E-state index in [1.807, 2.05) is 48.5 Å². The molecule has 1 aromatic heterocycles. The van der Waals surface area contributed by atoms with Gasteiger partial charge >= 0.3 is 0 Å². The molecule has 0 spiro atoms. The van der Waals surface area contributed by atoms with Crippen LogP contribution in [0.15, 0.2) is 70.7 Å². The van der Waals surface area contributed by atoms with Gasteiger partial charge in [0, 0.05) is 21.6 Å². The van der Waals surface area contributed by atoms with Gasteiger partial charge in [-0.3, -0.25) is 4.98 Å². The highest BCUT2D eigenvalue weighted by Crippen LogP contribution is 2.44. The fraction of sp³-hybridized carbons (Fsp3) is 0.0526. The highest BCUT2D eigenvalue weighted by Gasteiger charge is 2.31. The number of fused-ring (bicyclic) bond motifs is 3. The van der Waals surface area contributed by atoms with Gasteiger partial charge in [0.05, 0.1) is 5.92 Å². The van der Waals surface area contributed by atoms with Gasteiger partial charge in [-0.25, -0.2) is 0 Å². The maximum absolute atomic E-state index is 9.59. The molecule has 1 aliphatic rings. The summed E-state index contributed by atoms with van der Waals surface area (Å²) in [5, 5.41) is 10.6. The first kappa shape index (κ1) is 14.7. The molecule has 2 heterocycles. The highest BCUT2D eigenvalue weighted by molar-refractivity contribution is 9.10. The first-order valence-electron chi connectivity index (χ1n) is 7.39. The SMILES string of the molecule is N#CC1=C(N)Oc2c(ccc3cccnc23)[C@H]1c1ccc(Br)cc1. The summed E-state index contributed by atoms with van der Waals surface area (Å²) < 4.78 is 6.77. The minimum atomic E-state index is -0.266. The Kier molecular flexibility index (Phi) is 3.47. The Morgan fingerprint density at radius 1 is 1.12 bits per heavy atom. The summed E-state index contributed by atoms with van der Waals surface area (Å²) in [6.45, 7) is 0. The molecule has 2 N–H and O–H groups in total. The first-order valence-corrected chi connectivity index (χ1v) is 8.19. The van der Waals surface area contributed by atoms with Crippen LogP contribution in [0.4, 0.5) is 0 Å². The zero-order valence-electron chi connectivity index (χ0n) is 12.5. The van der Waals surface area contributed by atoms with Crippen LogP contribution >= 0.6 is 15.9 Å². The minimum absolute atomic E-state index is 0.135. The molecule has 1 aliphatic heterocycles. The van der Waals surface area contributed by atoms with Crippen LogP contribution in [-0.2, 0) is 0 Å². The maximum Gasteiger partial charge on any atom is 0.205 e. The molecular weight excluding hydrogens is 366 g/mol. The van der Waals surface area contributed by atoms with Gasteiger partial charge < -0.3 is 10.5 Å². The number of hydrogen-bond donors (Lipinski definition) is 1. The standard InChI is InChI=1S/C19H12BrN3O/c20-13-6-3-11(4-7-13)16-14-8-5-12-2-1-9-23-17(12)18(14)24-19(22)15(16)10-21/h1-9,16H,22H2/t16-/m1/s1. The smallest absolute Gasteiger partial charge is 0.205 e. The van der Waals surface area contributed by atoms with Gasteiger partial charge in [0.25, 0.3) is 0 Å². The number of nitrogens with two attached hydrogens (primary N) is 1. The number of benzene rings is 2. The molecule has 0 unspecified atom stereocenters. The van der Waals surface area contributed by atoms with Gasteiger partial charge in [-0.15, -0.1) is 0 Å². The second-order valence-electron chi connectivity index (χ2n) is 5.54. The molecule has 24 heavy (non-hydrogen) atoms. The molecule has 116 valence electrons. The number of aromatic nitrogens is 1. The van der Waals surface area contributed by atoms with E-state index in [9.17, 15) is 5.26 Å². The number of pyridine rings is 1. The fourth-order valence-electron chi connectivity index (χ4n) is 3.05. The van der Waals surface area contributed by atoms with Crippen molar-refractivity contribution in [2.24, 2.45) is 5.73 Å². The lowest BCUT2D eigenvalue weighted by molar-refractivity contribution is 0.397. The Hall–Kier alpha value is -2.84. The van der Waals surface area contributed by atoms with Crippen molar-refractivity contribution >= 4 is 26.8 Å². The van der Waals surface area contributed by atoms with Gasteiger partial charge in [0.1, 0.15) is 17.2 Å². The van der Waals surface area contributed by atoms with Crippen molar-refractivity contribution < 1.29 is 4.74 Å². The Labute approximate surface area is 147 Å². The fourth-order valence-corrected chi connectivity index (χ4v) is 3.32. The topological polar surface area (TPSA) is 71.9 Å². The van der Waals surface area contributed by atoms with Crippen molar-refractivity contribution in [1.82, 2.24) is 4.98 Å². The van der Waals surface area contributed by atoms with E-state index < -0.39 is 0 Å². The molecule has 0 aliphatic carbocycles. The van der Waals surface area contributed by atoms with Crippen LogP contribution in [0.2, 0.25) is 0 Å². The average molecular weight is 378 g/mol. The Balaban J connectivity index is 2.00. The first-order chi connectivity index (χ1) is 11.7. The van der Waals surface area contributed by atoms with Crippen molar-refractivity contribution in [1.29, 1.82) is 5.26 Å². The monoisotopic (exact) mass is 377 g/mol. The van der Waals surface area contributed by atoms with Crippen molar-refractivity contribution in [3.05, 3.63) is 81.8 Å². The number of ether oxygens (including phenoxy) is 1. The summed E-state index contributed by atoms with van der Waals surface area (Å²) in [5.74, 6) is 0.492. The molecule has 0 amide bonds. The molecule has 2 aromatic carbocycles. The second kappa shape index (κ2) is 5.66. The van der Waals surface area contributed by atoms with E-state index in [0.29, 0.717) is 11.3 Å². The van der Waals surface area contributed by atoms with Gasteiger partial charge in [-0.1, -0.05) is 46.3 Å². The zero-order valence-corrected chi connectivity index (χ0v) is 14.1. The molecule has 3 aromatic rings. The predicted octanol–water partition coefficient (Wildman–Crippen LogP) is 4.22. The zero-order chi connectivity index (χ0) is 16.7. The molecule has 5 heteroatoms. The van der Waals surface area contributed by atoms with Gasteiger partial charge in [-0.05, 0) is 23.8 Å². The van der Waals surface area contributed by atoms with E-state index in [1.54, 1.807) is 6.20 Å². The lowest BCUT2D eigenvalue weighted by Gasteiger charge is -2.27. The van der Waals surface area contributed by atoms with Gasteiger partial charge in [0.2, 0.25) is 5.88 Å². The molecule has 0 fully saturated rings. The van der Waals surface area contributed by atoms with Crippen LogP contribution in [0.1, 0.15) is 17.0 Å². The quantitative estimate of drug-likeness (QED) is 0.688. The van der Waals surface area contributed by atoms with Crippen molar-refractivity contribution in [3.63, 3.8) is 0 Å². The number of rotatable bonds is 1. The number of hydrogen-bond acceptors (Lipinski definition) is 4. The van der Waals surface area contributed by atoms with Crippen LogP contribution in [0, 0.1) is 11.3 Å². The largest absolute Gasteiger partial charge is 0.438 e. The summed E-state index contributed by atoms with van der Waals surface area (Å²) in [5.41, 5.74) is 9.10. The van der Waals surface area contributed by atoms with Crippen molar-refractivity contribution in [2.45, 2.75) is 5.92 Å². The predicted molar refractivity (Wildman–Crippen MR) is 95.2 cm³/mol. The summed E-state index contributed by atoms with van der Waals surface area (Å²) >= 11 is 3.44. The number of allylic oxidation sites excluding steroid dienone is 1. The second-order valence-corrected chi connectivity index (χ2v) is 6.45. The van der Waals surface area contributed by atoms with Crippen LogP contribution in [-0.4, -0.2) is 4.98 Å². The Morgan fingerprint density at radius 2 is 1.92 bits per heavy atom. The maximum atomic E-state index is 9.59. The summed E-state index contributed by atoms with van der Waals surface area (Å²) in [7, 11) is 0. The minimum Gasteiger partial charge on any atom is -0.438 e. The van der Waals surface area contributed by atoms with Crippen LogP contribution < -0.4 is 10.5 Å². The molecule has 0 saturated carbocycles. The third-order valence-electron chi connectivity index (χ3n) is 4.16. The summed E-state index contributed by atoms with van der Waals surface area (Å²) in [6, 6.07) is 17.9. The van der Waals surface area contributed by atoms with E-state index in [1.165, 1.54) is 0 Å². The number of halogens is 1. The summed E-state index contributed by atoms with van der Waals surface area (Å²) in [6.07, 6.45) is 1.72. The lowest BCUT2D eigenvalue weighted by Crippen LogP contribution is -2.21. The molecule has 4 nitrogen and oxygen atoms in total. The lowest BCUT2D eigenvalue weighted by atomic mass is 9.83. The summed E-state index contributed by atoms with van der Waals surface area (Å²) in [4.78, 5) is 4.43. The number of nitrogens with zero attached hydrogens (tertiary/aromatic N) is 2. The van der Waals surface area contributed by atoms with E-state index in [0.717, 1.165) is 26.5 Å². The Morgan fingerprint density at radius 3 is 2.67 bits per heavy atom. The van der Waals surface area contributed by atoms with Gasteiger partial charge in [-0.2, -0.15) is 5.26 Å². The highest BCUT2D eigenvalue weighted by atomic mass is 79.9. The molecular formula is C19H12BrN3O. The van der Waals surface area contributed by atoms with Crippen LogP contribution in [0.3, 0.4) is 0 Å². The van der Waals surface area contributed by atoms with E-state index in [-0.39, 0.29) is 11.8 Å². The van der Waals surface area contributed by atoms with Crippen LogP contribution in [0.5, 0.6) is 5.75 Å². The average Bonchev–Trinajstić information content (AvgIpc) is 2.61. The van der Waals surface area contributed by atoms with E-state index in [2.05, 4.69) is 27.0 Å². The molecule has 0 radical (unpaired) electrons.